The van der Waals surface area contributed by atoms with Gasteiger partial charge >= 0.3 is 6.09 Å². The summed E-state index contributed by atoms with van der Waals surface area (Å²) in [6.45, 7) is 4.43. The van der Waals surface area contributed by atoms with Crippen molar-refractivity contribution in [1.82, 2.24) is 14.7 Å². The molecule has 0 saturated carbocycles. The van der Waals surface area contributed by atoms with E-state index in [2.05, 4.69) is 29.6 Å². The number of thiophene rings is 1. The van der Waals surface area contributed by atoms with Crippen molar-refractivity contribution in [2.75, 3.05) is 31.7 Å². The lowest BCUT2D eigenvalue weighted by atomic mass is 9.81. The molecule has 4 aromatic rings. The first-order valence-corrected chi connectivity index (χ1v) is 16.4. The summed E-state index contributed by atoms with van der Waals surface area (Å²) in [6, 6.07) is 22.1. The Kier molecular flexibility index (Phi) is 7.95. The third-order valence-electron chi connectivity index (χ3n) is 9.27. The van der Waals surface area contributed by atoms with Gasteiger partial charge in [0.25, 0.3) is 5.91 Å². The van der Waals surface area contributed by atoms with Crippen molar-refractivity contribution in [2.24, 2.45) is 5.41 Å². The molecule has 3 aliphatic rings. The van der Waals surface area contributed by atoms with Gasteiger partial charge in [-0.15, -0.1) is 11.3 Å². The SMILES string of the molecule is CC1(C(=O)n2nc(C3CCCN3C(=O)OCC3c4ccccc4-c4ccccc43)cc2NCc2ccc(Cl)s2)CCOCC1. The molecule has 44 heavy (non-hydrogen) atoms. The summed E-state index contributed by atoms with van der Waals surface area (Å²) in [7, 11) is 0. The topological polar surface area (TPSA) is 85.7 Å². The Morgan fingerprint density at radius 3 is 2.45 bits per heavy atom. The number of likely N-dealkylation sites (tertiary alicyclic amines) is 1. The van der Waals surface area contributed by atoms with Gasteiger partial charge in [0.05, 0.1) is 28.0 Å². The molecular formula is C34H35ClN4O4S. The van der Waals surface area contributed by atoms with Crippen LogP contribution in [0.3, 0.4) is 0 Å². The van der Waals surface area contributed by atoms with Crippen LogP contribution < -0.4 is 5.32 Å². The average molecular weight is 631 g/mol. The van der Waals surface area contributed by atoms with Crippen molar-refractivity contribution in [2.45, 2.75) is 51.1 Å². The summed E-state index contributed by atoms with van der Waals surface area (Å²) < 4.78 is 13.8. The van der Waals surface area contributed by atoms with Gasteiger partial charge in [0.15, 0.2) is 0 Å². The minimum Gasteiger partial charge on any atom is -0.448 e. The monoisotopic (exact) mass is 630 g/mol. The number of ether oxygens (including phenoxy) is 2. The Bertz CT molecular complexity index is 1650. The lowest BCUT2D eigenvalue weighted by Crippen LogP contribution is -2.39. The number of hydrogen-bond donors (Lipinski definition) is 1. The molecule has 0 spiro atoms. The third-order valence-corrected chi connectivity index (χ3v) is 10.5. The maximum absolute atomic E-state index is 13.9. The summed E-state index contributed by atoms with van der Waals surface area (Å²) in [6.07, 6.45) is 2.50. The van der Waals surface area contributed by atoms with E-state index in [4.69, 9.17) is 26.2 Å². The van der Waals surface area contributed by atoms with E-state index in [1.165, 1.54) is 38.3 Å². The molecule has 0 radical (unpaired) electrons. The van der Waals surface area contributed by atoms with Gasteiger partial charge in [-0.1, -0.05) is 67.1 Å². The van der Waals surface area contributed by atoms with Crippen LogP contribution in [-0.4, -0.2) is 53.0 Å². The lowest BCUT2D eigenvalue weighted by Gasteiger charge is -2.31. The number of aromatic nitrogens is 2. The van der Waals surface area contributed by atoms with E-state index in [1.54, 1.807) is 4.90 Å². The lowest BCUT2D eigenvalue weighted by molar-refractivity contribution is 0.0168. The van der Waals surface area contributed by atoms with Gasteiger partial charge < -0.3 is 14.8 Å². The molecule has 4 heterocycles. The second-order valence-electron chi connectivity index (χ2n) is 12.1. The first-order valence-electron chi connectivity index (χ1n) is 15.2. The van der Waals surface area contributed by atoms with Crippen molar-refractivity contribution >= 4 is 40.8 Å². The minimum atomic E-state index is -0.577. The molecule has 7 rings (SSSR count). The number of nitrogens with zero attached hydrogens (tertiary/aromatic N) is 3. The van der Waals surface area contributed by atoms with E-state index >= 15 is 0 Å². The molecule has 1 atom stereocenters. The van der Waals surface area contributed by atoms with Crippen LogP contribution in [0.1, 0.15) is 71.1 Å². The van der Waals surface area contributed by atoms with Gasteiger partial charge in [-0.2, -0.15) is 9.78 Å². The summed E-state index contributed by atoms with van der Waals surface area (Å²) in [4.78, 5) is 30.4. The highest BCUT2D eigenvalue weighted by Gasteiger charge is 2.40. The number of fused-ring (bicyclic) bond motifs is 3. The van der Waals surface area contributed by atoms with Crippen molar-refractivity contribution < 1.29 is 19.1 Å². The van der Waals surface area contributed by atoms with Crippen LogP contribution in [0, 0.1) is 5.41 Å². The molecule has 2 saturated heterocycles. The predicted octanol–water partition coefficient (Wildman–Crippen LogP) is 7.75. The smallest absolute Gasteiger partial charge is 0.410 e. The largest absolute Gasteiger partial charge is 0.448 e. The van der Waals surface area contributed by atoms with Crippen molar-refractivity contribution in [3.8, 4) is 11.1 Å². The number of anilines is 1. The van der Waals surface area contributed by atoms with Crippen LogP contribution in [0.4, 0.5) is 10.6 Å². The van der Waals surface area contributed by atoms with Crippen LogP contribution in [0.2, 0.25) is 4.34 Å². The van der Waals surface area contributed by atoms with E-state index in [-0.39, 0.29) is 30.6 Å². The van der Waals surface area contributed by atoms with Crippen molar-refractivity contribution in [3.63, 3.8) is 0 Å². The molecule has 10 heteroatoms. The number of carbonyl (C=O) groups is 2. The minimum absolute atomic E-state index is 0.00833. The molecule has 1 unspecified atom stereocenters. The first-order chi connectivity index (χ1) is 21.4. The van der Waals surface area contributed by atoms with E-state index in [0.717, 1.165) is 17.7 Å². The number of halogens is 1. The van der Waals surface area contributed by atoms with E-state index < -0.39 is 5.41 Å². The van der Waals surface area contributed by atoms with Crippen LogP contribution in [0.25, 0.3) is 11.1 Å². The summed E-state index contributed by atoms with van der Waals surface area (Å²) in [5.74, 6) is 0.539. The number of benzene rings is 2. The highest BCUT2D eigenvalue weighted by Crippen LogP contribution is 2.45. The molecule has 0 bridgehead atoms. The van der Waals surface area contributed by atoms with Crippen LogP contribution in [-0.2, 0) is 16.0 Å². The van der Waals surface area contributed by atoms with Gasteiger partial charge in [-0.25, -0.2) is 4.79 Å². The molecule has 1 aliphatic carbocycles. The number of carbonyl (C=O) groups excluding carboxylic acids is 2. The second kappa shape index (κ2) is 12.0. The summed E-state index contributed by atoms with van der Waals surface area (Å²) in [5, 5.41) is 8.27. The average Bonchev–Trinajstić information content (AvgIpc) is 3.84. The number of amides is 1. The van der Waals surface area contributed by atoms with Gasteiger partial charge in [0, 0.05) is 36.6 Å². The number of nitrogens with one attached hydrogen (secondary N) is 1. The number of hydrogen-bond acceptors (Lipinski definition) is 7. The van der Waals surface area contributed by atoms with E-state index in [0.29, 0.717) is 55.0 Å². The summed E-state index contributed by atoms with van der Waals surface area (Å²) >= 11 is 7.65. The fourth-order valence-electron chi connectivity index (χ4n) is 6.73. The highest BCUT2D eigenvalue weighted by molar-refractivity contribution is 7.16. The van der Waals surface area contributed by atoms with Crippen LogP contribution in [0.5, 0.6) is 0 Å². The molecular weight excluding hydrogens is 596 g/mol. The Labute approximate surface area is 265 Å². The van der Waals surface area contributed by atoms with E-state index in [1.807, 2.05) is 49.4 Å². The number of rotatable bonds is 7. The van der Waals surface area contributed by atoms with Crippen molar-refractivity contribution in [1.29, 1.82) is 0 Å². The summed E-state index contributed by atoms with van der Waals surface area (Å²) in [5.41, 5.74) is 4.86. The Morgan fingerprint density at radius 1 is 1.07 bits per heavy atom. The van der Waals surface area contributed by atoms with Crippen LogP contribution in [0.15, 0.2) is 66.7 Å². The molecule has 2 aromatic carbocycles. The quantitative estimate of drug-likeness (QED) is 0.225. The zero-order valence-electron chi connectivity index (χ0n) is 24.6. The van der Waals surface area contributed by atoms with Crippen LogP contribution >= 0.6 is 22.9 Å². The zero-order valence-corrected chi connectivity index (χ0v) is 26.2. The van der Waals surface area contributed by atoms with E-state index in [9.17, 15) is 9.59 Å². The molecule has 2 fully saturated rings. The third kappa shape index (κ3) is 5.42. The maximum Gasteiger partial charge on any atom is 0.410 e. The fourth-order valence-corrected chi connectivity index (χ4v) is 7.76. The van der Waals surface area contributed by atoms with Crippen molar-refractivity contribution in [3.05, 3.63) is 92.8 Å². The molecule has 2 aromatic heterocycles. The standard InChI is InChI=1S/C34H35ClN4O4S/c1-34(14-17-42-18-15-34)32(40)39-31(36-20-22-12-13-30(35)44-22)19-28(37-39)29-11-6-16-38(29)33(41)43-21-27-25-9-4-2-7-23(25)24-8-3-5-10-26(24)27/h2-5,7-10,12-13,19,27,29,36H,6,11,14-18,20-21H2,1H3. The molecule has 8 nitrogen and oxygen atoms in total. The van der Waals surface area contributed by atoms with Gasteiger partial charge in [-0.3, -0.25) is 9.69 Å². The molecule has 2 aliphatic heterocycles. The maximum atomic E-state index is 13.9. The molecule has 1 N–H and O–H groups in total. The zero-order chi connectivity index (χ0) is 30.3. The van der Waals surface area contributed by atoms with Gasteiger partial charge in [0.2, 0.25) is 0 Å². The fraction of sp³-hybridized carbons (Fsp3) is 0.382. The Morgan fingerprint density at radius 2 is 1.77 bits per heavy atom. The predicted molar refractivity (Wildman–Crippen MR) is 171 cm³/mol. The second-order valence-corrected chi connectivity index (χ2v) is 13.9. The molecule has 1 amide bonds. The highest BCUT2D eigenvalue weighted by atomic mass is 35.5. The molecule has 228 valence electrons. The first kappa shape index (κ1) is 29.1. The van der Waals surface area contributed by atoms with Gasteiger partial charge in [-0.05, 0) is 60.1 Å². The Balaban J connectivity index is 1.11. The van der Waals surface area contributed by atoms with Gasteiger partial charge in [0.1, 0.15) is 12.4 Å². The Hall–Kier alpha value is -3.66. The normalized spacial score (nSPS) is 19.0.